The van der Waals surface area contributed by atoms with Crippen molar-refractivity contribution in [3.8, 4) is 0 Å². The van der Waals surface area contributed by atoms with Crippen LogP contribution in [0.5, 0.6) is 0 Å². The molecule has 0 saturated heterocycles. The predicted molar refractivity (Wildman–Crippen MR) is 159 cm³/mol. The van der Waals surface area contributed by atoms with Crippen LogP contribution in [0.15, 0.2) is 77.7 Å². The molecule has 0 unspecified atom stereocenters. The van der Waals surface area contributed by atoms with Gasteiger partial charge in [-0.15, -0.1) is 0 Å². The van der Waals surface area contributed by atoms with Gasteiger partial charge in [-0.3, -0.25) is 13.9 Å². The van der Waals surface area contributed by atoms with Crippen LogP contribution in [0.1, 0.15) is 43.7 Å². The smallest absolute Gasteiger partial charge is 0.264 e. The van der Waals surface area contributed by atoms with Crippen molar-refractivity contribution in [3.05, 3.63) is 94.0 Å². The molecule has 1 aliphatic rings. The van der Waals surface area contributed by atoms with Gasteiger partial charge in [0.15, 0.2) is 0 Å². The molecule has 1 N–H and O–H groups in total. The maximum Gasteiger partial charge on any atom is 0.264 e. The Morgan fingerprint density at radius 2 is 1.62 bits per heavy atom. The first-order valence-corrected chi connectivity index (χ1v) is 15.4. The van der Waals surface area contributed by atoms with Crippen molar-refractivity contribution < 1.29 is 18.0 Å². The molecule has 0 aliphatic heterocycles. The second-order valence-electron chi connectivity index (χ2n) is 10.1. The second-order valence-corrected chi connectivity index (χ2v) is 12.9. The summed E-state index contributed by atoms with van der Waals surface area (Å²) in [4.78, 5) is 28.7. The number of anilines is 1. The van der Waals surface area contributed by atoms with Gasteiger partial charge < -0.3 is 10.2 Å². The van der Waals surface area contributed by atoms with E-state index in [0.717, 1.165) is 41.1 Å². The van der Waals surface area contributed by atoms with Crippen LogP contribution in [0, 0.1) is 6.92 Å². The van der Waals surface area contributed by atoms with Crippen LogP contribution in [0.2, 0.25) is 10.0 Å². The molecule has 3 aromatic carbocycles. The molecule has 1 fully saturated rings. The number of amides is 2. The fourth-order valence-electron chi connectivity index (χ4n) is 4.85. The van der Waals surface area contributed by atoms with E-state index in [1.54, 1.807) is 43.3 Å². The zero-order valence-corrected chi connectivity index (χ0v) is 24.8. The number of halogens is 2. The largest absolute Gasteiger partial charge is 0.352 e. The number of hydrogen-bond donors (Lipinski definition) is 1. The number of rotatable bonds is 10. The molecule has 212 valence electrons. The number of aryl methyl sites for hydroxylation is 1. The van der Waals surface area contributed by atoms with Gasteiger partial charge in [-0.25, -0.2) is 8.42 Å². The summed E-state index contributed by atoms with van der Waals surface area (Å²) in [7, 11) is -4.15. The number of hydrogen-bond acceptors (Lipinski definition) is 4. The van der Waals surface area contributed by atoms with Crippen molar-refractivity contribution in [3.63, 3.8) is 0 Å². The van der Waals surface area contributed by atoms with Crippen LogP contribution >= 0.6 is 23.2 Å². The van der Waals surface area contributed by atoms with Gasteiger partial charge in [-0.2, -0.15) is 0 Å². The third-order valence-electron chi connectivity index (χ3n) is 7.08. The van der Waals surface area contributed by atoms with Crippen LogP contribution in [0.3, 0.4) is 0 Å². The van der Waals surface area contributed by atoms with E-state index in [1.165, 1.54) is 29.2 Å². The molecule has 3 aromatic rings. The number of sulfonamides is 1. The summed E-state index contributed by atoms with van der Waals surface area (Å²) >= 11 is 12.2. The lowest BCUT2D eigenvalue weighted by Gasteiger charge is -2.32. The molecule has 0 radical (unpaired) electrons. The molecule has 0 aromatic heterocycles. The Morgan fingerprint density at radius 1 is 0.950 bits per heavy atom. The Bertz CT molecular complexity index is 1460. The molecular formula is C30H33Cl2N3O4S. The van der Waals surface area contributed by atoms with Gasteiger partial charge in [0, 0.05) is 22.6 Å². The van der Waals surface area contributed by atoms with Gasteiger partial charge in [0.25, 0.3) is 10.0 Å². The highest BCUT2D eigenvalue weighted by molar-refractivity contribution is 7.92. The molecule has 7 nitrogen and oxygen atoms in total. The third-order valence-corrected chi connectivity index (χ3v) is 9.36. The Kier molecular flexibility index (Phi) is 9.77. The molecule has 0 bridgehead atoms. The van der Waals surface area contributed by atoms with Gasteiger partial charge >= 0.3 is 0 Å². The Hall–Kier alpha value is -3.07. The Morgan fingerprint density at radius 3 is 2.27 bits per heavy atom. The highest BCUT2D eigenvalue weighted by Gasteiger charge is 2.33. The summed E-state index contributed by atoms with van der Waals surface area (Å²) in [6.45, 7) is 3.09. The fourth-order valence-corrected chi connectivity index (χ4v) is 6.60. The fraction of sp³-hybridized carbons (Fsp3) is 0.333. The summed E-state index contributed by atoms with van der Waals surface area (Å²) in [6.07, 6.45) is 3.92. The van der Waals surface area contributed by atoms with Crippen molar-refractivity contribution in [2.75, 3.05) is 10.8 Å². The van der Waals surface area contributed by atoms with Crippen LogP contribution in [0.4, 0.5) is 5.69 Å². The van der Waals surface area contributed by atoms with Gasteiger partial charge in [0.2, 0.25) is 11.8 Å². The average Bonchev–Trinajstić information content (AvgIpc) is 3.43. The van der Waals surface area contributed by atoms with Crippen molar-refractivity contribution in [2.24, 2.45) is 0 Å². The predicted octanol–water partition coefficient (Wildman–Crippen LogP) is 5.97. The second kappa shape index (κ2) is 13.1. The summed E-state index contributed by atoms with van der Waals surface area (Å²) in [5.74, 6) is -0.793. The quantitative estimate of drug-likeness (QED) is 0.310. The SMILES string of the molecule is Cc1cccc(N(CC(=O)N(Cc2cccc(Cl)c2)[C@@H](C)C(=O)NC2CCCC2)S(=O)(=O)c2ccc(Cl)cc2)c1. The van der Waals surface area contributed by atoms with E-state index in [2.05, 4.69) is 5.32 Å². The number of nitrogens with one attached hydrogen (secondary N) is 1. The Labute approximate surface area is 246 Å². The zero-order valence-electron chi connectivity index (χ0n) is 22.5. The minimum atomic E-state index is -4.15. The lowest BCUT2D eigenvalue weighted by atomic mass is 10.1. The first-order chi connectivity index (χ1) is 19.0. The van der Waals surface area contributed by atoms with Crippen LogP contribution < -0.4 is 9.62 Å². The van der Waals surface area contributed by atoms with Crippen molar-refractivity contribution >= 4 is 50.7 Å². The molecule has 1 atom stereocenters. The monoisotopic (exact) mass is 601 g/mol. The van der Waals surface area contributed by atoms with E-state index in [-0.39, 0.29) is 23.4 Å². The summed E-state index contributed by atoms with van der Waals surface area (Å²) in [5, 5.41) is 3.96. The molecule has 0 spiro atoms. The number of carbonyl (C=O) groups excluding carboxylic acids is 2. The van der Waals surface area contributed by atoms with E-state index in [1.807, 2.05) is 19.1 Å². The van der Waals surface area contributed by atoms with Gasteiger partial charge in [-0.1, -0.05) is 60.3 Å². The van der Waals surface area contributed by atoms with E-state index in [0.29, 0.717) is 15.7 Å². The normalized spacial score (nSPS) is 14.5. The van der Waals surface area contributed by atoms with Gasteiger partial charge in [0.05, 0.1) is 10.6 Å². The van der Waals surface area contributed by atoms with Gasteiger partial charge in [0.1, 0.15) is 12.6 Å². The number of benzene rings is 3. The van der Waals surface area contributed by atoms with Gasteiger partial charge in [-0.05, 0) is 86.3 Å². The molecular weight excluding hydrogens is 569 g/mol. The molecule has 40 heavy (non-hydrogen) atoms. The average molecular weight is 603 g/mol. The molecule has 10 heteroatoms. The van der Waals surface area contributed by atoms with E-state index in [4.69, 9.17) is 23.2 Å². The standard InChI is InChI=1S/C30H33Cl2N3O4S/c1-21-7-5-12-27(17-21)35(40(38,39)28-15-13-24(31)14-16-28)20-29(36)34(19-23-8-6-9-25(32)18-23)22(2)30(37)33-26-10-3-4-11-26/h5-9,12-18,22,26H,3-4,10-11,19-20H2,1-2H3,(H,33,37)/t22-/m0/s1. The first-order valence-electron chi connectivity index (χ1n) is 13.2. The Balaban J connectivity index is 1.69. The molecule has 4 rings (SSSR count). The van der Waals surface area contributed by atoms with Crippen LogP contribution in [-0.2, 0) is 26.2 Å². The summed E-state index contributed by atoms with van der Waals surface area (Å²) < 4.78 is 28.8. The summed E-state index contributed by atoms with van der Waals surface area (Å²) in [5.41, 5.74) is 1.90. The molecule has 1 aliphatic carbocycles. The maximum atomic E-state index is 14.0. The van der Waals surface area contributed by atoms with Crippen molar-refractivity contribution in [1.82, 2.24) is 10.2 Å². The molecule has 2 amide bonds. The van der Waals surface area contributed by atoms with Crippen LogP contribution in [0.25, 0.3) is 0 Å². The highest BCUT2D eigenvalue weighted by atomic mass is 35.5. The van der Waals surface area contributed by atoms with E-state index >= 15 is 0 Å². The zero-order chi connectivity index (χ0) is 28.9. The van der Waals surface area contributed by atoms with E-state index < -0.39 is 28.5 Å². The maximum absolute atomic E-state index is 14.0. The molecule has 0 heterocycles. The lowest BCUT2D eigenvalue weighted by Crippen LogP contribution is -2.52. The minimum Gasteiger partial charge on any atom is -0.352 e. The van der Waals surface area contributed by atoms with Crippen molar-refractivity contribution in [2.45, 2.75) is 63.1 Å². The topological polar surface area (TPSA) is 86.8 Å². The van der Waals surface area contributed by atoms with Crippen LogP contribution in [-0.4, -0.2) is 43.8 Å². The first kappa shape index (κ1) is 29.9. The highest BCUT2D eigenvalue weighted by Crippen LogP contribution is 2.27. The third kappa shape index (κ3) is 7.36. The minimum absolute atomic E-state index is 0.000350. The van der Waals surface area contributed by atoms with Crippen molar-refractivity contribution in [1.29, 1.82) is 0 Å². The number of nitrogens with zero attached hydrogens (tertiary/aromatic N) is 2. The lowest BCUT2D eigenvalue weighted by molar-refractivity contribution is -0.139. The summed E-state index contributed by atoms with van der Waals surface area (Å²) in [6, 6.07) is 19.0. The number of carbonyl (C=O) groups is 2. The van der Waals surface area contributed by atoms with E-state index in [9.17, 15) is 18.0 Å². The molecule has 1 saturated carbocycles.